The molecule has 1 fully saturated rings. The van der Waals surface area contributed by atoms with Crippen molar-refractivity contribution in [3.05, 3.63) is 87.4 Å². The van der Waals surface area contributed by atoms with Gasteiger partial charge >= 0.3 is 5.69 Å². The molecule has 4 N–H and O–H groups in total. The fourth-order valence-corrected chi connectivity index (χ4v) is 4.04. The third-order valence-corrected chi connectivity index (χ3v) is 5.90. The molecule has 0 saturated heterocycles. The lowest BCUT2D eigenvalue weighted by atomic mass is 10.1. The van der Waals surface area contributed by atoms with Gasteiger partial charge in [-0.2, -0.15) is 14.7 Å². The molecule has 11 heteroatoms. The van der Waals surface area contributed by atoms with Crippen molar-refractivity contribution in [3.63, 3.8) is 0 Å². The molecular weight excluding hydrogens is 446 g/mol. The van der Waals surface area contributed by atoms with Crippen molar-refractivity contribution in [2.45, 2.75) is 31.8 Å². The molecule has 11 nitrogen and oxygen atoms in total. The highest BCUT2D eigenvalue weighted by Crippen LogP contribution is 2.25. The van der Waals surface area contributed by atoms with Crippen molar-refractivity contribution < 1.29 is 5.11 Å². The Bertz CT molecular complexity index is 1690. The van der Waals surface area contributed by atoms with Crippen LogP contribution in [0.3, 0.4) is 0 Å². The van der Waals surface area contributed by atoms with E-state index in [-0.39, 0.29) is 23.7 Å². The first-order chi connectivity index (χ1) is 17.0. The molecule has 6 rings (SSSR count). The highest BCUT2D eigenvalue weighted by atomic mass is 16.3. The summed E-state index contributed by atoms with van der Waals surface area (Å²) in [6.07, 6.45) is 9.04. The monoisotopic (exact) mass is 469 g/mol. The fourth-order valence-electron chi connectivity index (χ4n) is 4.04. The maximum atomic E-state index is 11.5. The third-order valence-electron chi connectivity index (χ3n) is 5.90. The van der Waals surface area contributed by atoms with Gasteiger partial charge in [-0.1, -0.05) is 18.2 Å². The molecule has 0 bridgehead atoms. The first-order valence-electron chi connectivity index (χ1n) is 11.4. The standard InChI is InChI=1S/C24H23N9O2/c1-14(17-5-2-3-6-19(17)32-10-4-9-25-32)27-20-12-21(28-16-7-8-16)33-22(30-20)15(13-26-33)11-18-23(34)31-24(35)29-18/h2-6,9-14,16,27,34H,7-8H2,1H3,(H2,29,31,35)/b15-11+,28-21?. The van der Waals surface area contributed by atoms with E-state index >= 15 is 0 Å². The molecule has 0 amide bonds. The Labute approximate surface area is 198 Å². The van der Waals surface area contributed by atoms with Crippen molar-refractivity contribution in [2.75, 3.05) is 5.32 Å². The second-order valence-corrected chi connectivity index (χ2v) is 8.56. The summed E-state index contributed by atoms with van der Waals surface area (Å²) in [5, 5.41) is 23.0. The van der Waals surface area contributed by atoms with Gasteiger partial charge in [0.25, 0.3) is 0 Å². The zero-order chi connectivity index (χ0) is 23.9. The number of aromatic nitrogens is 7. The molecule has 176 valence electrons. The van der Waals surface area contributed by atoms with E-state index in [2.05, 4.69) is 38.5 Å². The van der Waals surface area contributed by atoms with Crippen LogP contribution >= 0.6 is 0 Å². The van der Waals surface area contributed by atoms with Crippen LogP contribution < -0.4 is 21.7 Å². The maximum Gasteiger partial charge on any atom is 0.326 e. The Morgan fingerprint density at radius 1 is 1.23 bits per heavy atom. The summed E-state index contributed by atoms with van der Waals surface area (Å²) in [6, 6.07) is 12.1. The summed E-state index contributed by atoms with van der Waals surface area (Å²) < 4.78 is 3.52. The Morgan fingerprint density at radius 3 is 2.83 bits per heavy atom. The van der Waals surface area contributed by atoms with E-state index < -0.39 is 5.69 Å². The minimum Gasteiger partial charge on any atom is -0.493 e. The lowest BCUT2D eigenvalue weighted by Gasteiger charge is -2.18. The van der Waals surface area contributed by atoms with E-state index in [4.69, 9.17) is 9.98 Å². The number of hydrogen-bond acceptors (Lipinski definition) is 7. The van der Waals surface area contributed by atoms with Crippen LogP contribution in [0.4, 0.5) is 5.82 Å². The molecule has 35 heavy (non-hydrogen) atoms. The molecule has 0 radical (unpaired) electrons. The minimum absolute atomic E-state index is 0.0838. The van der Waals surface area contributed by atoms with Gasteiger partial charge in [0.2, 0.25) is 5.88 Å². The first-order valence-corrected chi connectivity index (χ1v) is 11.4. The number of nitrogens with zero attached hydrogens (tertiary/aromatic N) is 6. The average molecular weight is 470 g/mol. The van der Waals surface area contributed by atoms with E-state index in [1.54, 1.807) is 23.0 Å². The zero-order valence-electron chi connectivity index (χ0n) is 18.9. The van der Waals surface area contributed by atoms with E-state index in [0.29, 0.717) is 22.2 Å². The number of imidazole rings is 1. The predicted molar refractivity (Wildman–Crippen MR) is 129 cm³/mol. The number of H-pyrrole nitrogens is 2. The second kappa shape index (κ2) is 8.28. The molecule has 1 atom stereocenters. The smallest absolute Gasteiger partial charge is 0.326 e. The quantitative estimate of drug-likeness (QED) is 0.296. The normalized spacial score (nSPS) is 15.7. The van der Waals surface area contributed by atoms with Gasteiger partial charge in [0.05, 0.1) is 24.0 Å². The summed E-state index contributed by atoms with van der Waals surface area (Å²) >= 11 is 0. The van der Waals surface area contributed by atoms with Gasteiger partial charge < -0.3 is 15.4 Å². The maximum absolute atomic E-state index is 11.5. The number of rotatable bonds is 6. The van der Waals surface area contributed by atoms with Crippen LogP contribution in [0.25, 0.3) is 17.4 Å². The Morgan fingerprint density at radius 2 is 2.09 bits per heavy atom. The topological polar surface area (TPSA) is 141 Å². The fraction of sp³-hybridized carbons (Fsp3) is 0.208. The van der Waals surface area contributed by atoms with Crippen LogP contribution in [-0.2, 0) is 0 Å². The lowest BCUT2D eigenvalue weighted by Crippen LogP contribution is -2.21. The summed E-state index contributed by atoms with van der Waals surface area (Å²) in [5.74, 6) is 0.400. The van der Waals surface area contributed by atoms with Gasteiger partial charge in [0.1, 0.15) is 11.5 Å². The number of anilines is 1. The zero-order valence-corrected chi connectivity index (χ0v) is 18.9. The van der Waals surface area contributed by atoms with Crippen molar-refractivity contribution in [1.82, 2.24) is 34.3 Å². The van der Waals surface area contributed by atoms with Crippen LogP contribution in [0, 0.1) is 0 Å². The van der Waals surface area contributed by atoms with Crippen LogP contribution in [0.1, 0.15) is 37.1 Å². The summed E-state index contributed by atoms with van der Waals surface area (Å²) in [4.78, 5) is 26.1. The molecule has 4 aromatic heterocycles. The molecule has 1 aliphatic carbocycles. The summed E-state index contributed by atoms with van der Waals surface area (Å²) in [5.41, 5.74) is 3.06. The second-order valence-electron chi connectivity index (χ2n) is 8.56. The summed E-state index contributed by atoms with van der Waals surface area (Å²) in [6.45, 7) is 2.07. The molecule has 1 aliphatic rings. The van der Waals surface area contributed by atoms with Gasteiger partial charge in [-0.25, -0.2) is 14.5 Å². The molecule has 1 aromatic carbocycles. The Balaban J connectivity index is 1.44. The number of hydrogen-bond donors (Lipinski definition) is 4. The van der Waals surface area contributed by atoms with E-state index in [0.717, 1.165) is 24.1 Å². The van der Waals surface area contributed by atoms with Gasteiger partial charge in [0.15, 0.2) is 11.1 Å². The number of aromatic amines is 2. The van der Waals surface area contributed by atoms with Gasteiger partial charge in [-0.05, 0) is 43.5 Å². The first kappa shape index (κ1) is 20.9. The summed E-state index contributed by atoms with van der Waals surface area (Å²) in [7, 11) is 0. The predicted octanol–water partition coefficient (Wildman–Crippen LogP) is 1.42. The van der Waals surface area contributed by atoms with Crippen molar-refractivity contribution >= 4 is 17.5 Å². The van der Waals surface area contributed by atoms with Crippen LogP contribution in [0.15, 0.2) is 64.8 Å². The van der Waals surface area contributed by atoms with Crippen LogP contribution in [0.2, 0.25) is 0 Å². The van der Waals surface area contributed by atoms with Crippen LogP contribution in [0.5, 0.6) is 5.88 Å². The molecule has 4 heterocycles. The largest absolute Gasteiger partial charge is 0.493 e. The molecular formula is C24H23N9O2. The van der Waals surface area contributed by atoms with Crippen LogP contribution in [-0.4, -0.2) is 45.5 Å². The number of aromatic hydroxyl groups is 1. The highest BCUT2D eigenvalue weighted by molar-refractivity contribution is 5.58. The SMILES string of the molecule is CC(Nc1cc(=NC2CC2)n2nc/c(=C\c3[nH]c(=O)[nH]c3O)c2n1)c1ccccc1-n1cccn1. The van der Waals surface area contributed by atoms with Gasteiger partial charge in [0, 0.05) is 23.7 Å². The van der Waals surface area contributed by atoms with E-state index in [9.17, 15) is 9.90 Å². The average Bonchev–Trinajstić information content (AvgIpc) is 3.20. The molecule has 0 aliphatic heterocycles. The minimum atomic E-state index is -0.491. The lowest BCUT2D eigenvalue weighted by molar-refractivity contribution is 0.454. The highest BCUT2D eigenvalue weighted by Gasteiger charge is 2.21. The number of fused-ring (bicyclic) bond motifs is 1. The van der Waals surface area contributed by atoms with Crippen molar-refractivity contribution in [2.24, 2.45) is 4.99 Å². The van der Waals surface area contributed by atoms with E-state index in [1.807, 2.05) is 41.2 Å². The molecule has 1 unspecified atom stereocenters. The van der Waals surface area contributed by atoms with E-state index in [1.165, 1.54) is 0 Å². The number of para-hydroxylation sites is 1. The number of benzene rings is 1. The van der Waals surface area contributed by atoms with Gasteiger partial charge in [-0.15, -0.1) is 0 Å². The van der Waals surface area contributed by atoms with Crippen molar-refractivity contribution in [1.29, 1.82) is 0 Å². The Kier molecular flexibility index (Phi) is 4.94. The Hall–Kier alpha value is -4.67. The number of nitrogens with one attached hydrogen (secondary N) is 3. The van der Waals surface area contributed by atoms with Gasteiger partial charge in [-0.3, -0.25) is 9.98 Å². The molecule has 1 saturated carbocycles. The molecule has 5 aromatic rings. The molecule has 0 spiro atoms. The van der Waals surface area contributed by atoms with Crippen molar-refractivity contribution in [3.8, 4) is 11.6 Å². The third kappa shape index (κ3) is 4.07.